The quantitative estimate of drug-likeness (QED) is 0.796. The predicted molar refractivity (Wildman–Crippen MR) is 68.0 cm³/mol. The zero-order valence-corrected chi connectivity index (χ0v) is 10.8. The van der Waals surface area contributed by atoms with Crippen LogP contribution in [0.15, 0.2) is 18.2 Å². The first-order valence-electron chi connectivity index (χ1n) is 6.15. The Kier molecular flexibility index (Phi) is 3.22. The van der Waals surface area contributed by atoms with Crippen molar-refractivity contribution >= 4 is 0 Å². The van der Waals surface area contributed by atoms with Crippen LogP contribution in [-0.4, -0.2) is 13.2 Å². The maximum atomic E-state index is 8.99. The van der Waals surface area contributed by atoms with Crippen molar-refractivity contribution in [2.75, 3.05) is 13.2 Å². The van der Waals surface area contributed by atoms with Gasteiger partial charge in [-0.05, 0) is 29.5 Å². The van der Waals surface area contributed by atoms with Gasteiger partial charge in [0.25, 0.3) is 0 Å². The molecule has 1 fully saturated rings. The number of hydrogen-bond acceptors (Lipinski definition) is 2. The molecule has 17 heavy (non-hydrogen) atoms. The second-order valence-electron chi connectivity index (χ2n) is 5.34. The summed E-state index contributed by atoms with van der Waals surface area (Å²) in [7, 11) is 0. The highest BCUT2D eigenvalue weighted by molar-refractivity contribution is 5.40. The Bertz CT molecular complexity index is 452. The summed E-state index contributed by atoms with van der Waals surface area (Å²) in [6, 6.07) is 8.92. The van der Waals surface area contributed by atoms with Crippen LogP contribution in [0, 0.1) is 18.3 Å². The zero-order valence-electron chi connectivity index (χ0n) is 10.8. The lowest BCUT2D eigenvalue weighted by atomic mass is 9.73. The van der Waals surface area contributed by atoms with Gasteiger partial charge in [-0.3, -0.25) is 0 Å². The van der Waals surface area contributed by atoms with Crippen molar-refractivity contribution in [3.8, 4) is 6.07 Å². The summed E-state index contributed by atoms with van der Waals surface area (Å²) in [5, 5.41) is 8.99. The summed E-state index contributed by atoms with van der Waals surface area (Å²) in [6.07, 6.45) is 0.551. The van der Waals surface area contributed by atoms with Gasteiger partial charge in [0.1, 0.15) is 0 Å². The Labute approximate surface area is 103 Å². The van der Waals surface area contributed by atoms with Crippen molar-refractivity contribution < 1.29 is 4.74 Å². The van der Waals surface area contributed by atoms with Gasteiger partial charge < -0.3 is 4.74 Å². The summed E-state index contributed by atoms with van der Waals surface area (Å²) in [5.74, 6) is 0.523. The molecule has 0 unspecified atom stereocenters. The van der Waals surface area contributed by atoms with E-state index >= 15 is 0 Å². The fourth-order valence-electron chi connectivity index (χ4n) is 2.42. The van der Waals surface area contributed by atoms with E-state index in [4.69, 9.17) is 10.00 Å². The first kappa shape index (κ1) is 12.1. The number of hydrogen-bond donors (Lipinski definition) is 0. The van der Waals surface area contributed by atoms with Crippen molar-refractivity contribution in [1.82, 2.24) is 0 Å². The van der Waals surface area contributed by atoms with E-state index in [1.807, 2.05) is 0 Å². The monoisotopic (exact) mass is 229 g/mol. The second kappa shape index (κ2) is 4.50. The molecule has 0 amide bonds. The SMILES string of the molecule is Cc1ccc(C(C)C)cc1C1(CC#N)COC1. The highest BCUT2D eigenvalue weighted by Crippen LogP contribution is 2.38. The number of nitriles is 1. The number of benzene rings is 1. The molecular formula is C15H19NO. The summed E-state index contributed by atoms with van der Waals surface area (Å²) in [6.45, 7) is 7.88. The molecule has 0 aliphatic carbocycles. The molecule has 0 saturated carbocycles. The van der Waals surface area contributed by atoms with E-state index < -0.39 is 0 Å². The van der Waals surface area contributed by atoms with E-state index in [1.165, 1.54) is 16.7 Å². The lowest BCUT2D eigenvalue weighted by molar-refractivity contribution is -0.0580. The van der Waals surface area contributed by atoms with Crippen LogP contribution in [0.25, 0.3) is 0 Å². The molecule has 0 N–H and O–H groups in total. The Morgan fingerprint density at radius 2 is 2.12 bits per heavy atom. The van der Waals surface area contributed by atoms with Gasteiger partial charge in [-0.25, -0.2) is 0 Å². The maximum Gasteiger partial charge on any atom is 0.0632 e. The van der Waals surface area contributed by atoms with Crippen LogP contribution in [-0.2, 0) is 10.2 Å². The molecule has 1 saturated heterocycles. The third-order valence-corrected chi connectivity index (χ3v) is 3.67. The van der Waals surface area contributed by atoms with Crippen molar-refractivity contribution in [2.24, 2.45) is 0 Å². The summed E-state index contributed by atoms with van der Waals surface area (Å²) in [4.78, 5) is 0. The van der Waals surface area contributed by atoms with E-state index in [9.17, 15) is 0 Å². The smallest absolute Gasteiger partial charge is 0.0632 e. The third-order valence-electron chi connectivity index (χ3n) is 3.67. The summed E-state index contributed by atoms with van der Waals surface area (Å²) in [5.41, 5.74) is 3.86. The van der Waals surface area contributed by atoms with Crippen LogP contribution in [0.2, 0.25) is 0 Å². The average Bonchev–Trinajstić information content (AvgIpc) is 2.24. The minimum Gasteiger partial charge on any atom is -0.379 e. The first-order valence-corrected chi connectivity index (χ1v) is 6.15. The van der Waals surface area contributed by atoms with Crippen LogP contribution in [0.1, 0.15) is 42.9 Å². The molecule has 1 aromatic carbocycles. The van der Waals surface area contributed by atoms with E-state index in [-0.39, 0.29) is 5.41 Å². The largest absolute Gasteiger partial charge is 0.379 e. The van der Waals surface area contributed by atoms with Crippen LogP contribution < -0.4 is 0 Å². The van der Waals surface area contributed by atoms with Gasteiger partial charge in [-0.2, -0.15) is 5.26 Å². The van der Waals surface area contributed by atoms with Crippen molar-refractivity contribution in [1.29, 1.82) is 5.26 Å². The lowest BCUT2D eigenvalue weighted by Crippen LogP contribution is -2.47. The van der Waals surface area contributed by atoms with Gasteiger partial charge in [-0.1, -0.05) is 32.0 Å². The lowest BCUT2D eigenvalue weighted by Gasteiger charge is -2.41. The number of ether oxygens (including phenoxy) is 1. The predicted octanol–water partition coefficient (Wildman–Crippen LogP) is 3.30. The van der Waals surface area contributed by atoms with E-state index in [0.717, 1.165) is 0 Å². The molecular weight excluding hydrogens is 210 g/mol. The minimum atomic E-state index is -0.0519. The molecule has 2 heteroatoms. The van der Waals surface area contributed by atoms with Gasteiger partial charge in [0.2, 0.25) is 0 Å². The molecule has 0 spiro atoms. The van der Waals surface area contributed by atoms with E-state index in [1.54, 1.807) is 0 Å². The molecule has 1 heterocycles. The minimum absolute atomic E-state index is 0.0519. The fourth-order valence-corrected chi connectivity index (χ4v) is 2.42. The van der Waals surface area contributed by atoms with Gasteiger partial charge in [0.05, 0.1) is 24.7 Å². The van der Waals surface area contributed by atoms with Crippen LogP contribution in [0.3, 0.4) is 0 Å². The third kappa shape index (κ3) is 2.08. The van der Waals surface area contributed by atoms with Gasteiger partial charge in [0.15, 0.2) is 0 Å². The van der Waals surface area contributed by atoms with Gasteiger partial charge in [0, 0.05) is 6.42 Å². The van der Waals surface area contributed by atoms with Crippen LogP contribution >= 0.6 is 0 Å². The highest BCUT2D eigenvalue weighted by atomic mass is 16.5. The molecule has 90 valence electrons. The van der Waals surface area contributed by atoms with Gasteiger partial charge in [-0.15, -0.1) is 0 Å². The Balaban J connectivity index is 2.43. The van der Waals surface area contributed by atoms with Gasteiger partial charge >= 0.3 is 0 Å². The number of aryl methyl sites for hydroxylation is 1. The Hall–Kier alpha value is -1.33. The fraction of sp³-hybridized carbons (Fsp3) is 0.533. The molecule has 0 aromatic heterocycles. The Morgan fingerprint density at radius 3 is 2.59 bits per heavy atom. The summed E-state index contributed by atoms with van der Waals surface area (Å²) < 4.78 is 5.35. The molecule has 2 rings (SSSR count). The molecule has 2 nitrogen and oxygen atoms in total. The van der Waals surface area contributed by atoms with E-state index in [0.29, 0.717) is 25.6 Å². The second-order valence-corrected chi connectivity index (χ2v) is 5.34. The molecule has 1 aromatic rings. The van der Waals surface area contributed by atoms with Crippen LogP contribution in [0.5, 0.6) is 0 Å². The standard InChI is InChI=1S/C15H19NO/c1-11(2)13-5-4-12(3)14(8-13)15(6-7-16)9-17-10-15/h4-5,8,11H,6,9-10H2,1-3H3. The molecule has 1 aliphatic heterocycles. The molecule has 0 radical (unpaired) electrons. The maximum absolute atomic E-state index is 8.99. The average molecular weight is 229 g/mol. The van der Waals surface area contributed by atoms with Crippen molar-refractivity contribution in [3.63, 3.8) is 0 Å². The first-order chi connectivity index (χ1) is 8.09. The Morgan fingerprint density at radius 1 is 1.41 bits per heavy atom. The molecule has 0 bridgehead atoms. The van der Waals surface area contributed by atoms with E-state index in [2.05, 4.69) is 45.0 Å². The molecule has 0 atom stereocenters. The topological polar surface area (TPSA) is 33.0 Å². The highest BCUT2D eigenvalue weighted by Gasteiger charge is 2.41. The molecule has 1 aliphatic rings. The van der Waals surface area contributed by atoms with Crippen molar-refractivity contribution in [3.05, 3.63) is 34.9 Å². The zero-order chi connectivity index (χ0) is 12.5. The normalized spacial score (nSPS) is 17.6. The number of nitrogens with zero attached hydrogens (tertiary/aromatic N) is 1. The van der Waals surface area contributed by atoms with Crippen molar-refractivity contribution in [2.45, 2.75) is 38.5 Å². The number of rotatable bonds is 3. The summed E-state index contributed by atoms with van der Waals surface area (Å²) >= 11 is 0. The van der Waals surface area contributed by atoms with Crippen LogP contribution in [0.4, 0.5) is 0 Å².